The van der Waals surface area contributed by atoms with Gasteiger partial charge in [0.2, 0.25) is 0 Å². The third kappa shape index (κ3) is 17.2. The van der Waals surface area contributed by atoms with Crippen LogP contribution in [0.25, 0.3) is 0 Å². The first kappa shape index (κ1) is 20.2. The molecular weight excluding hydrogens is 260 g/mol. The summed E-state index contributed by atoms with van der Waals surface area (Å²) in [5.41, 5.74) is 0. The van der Waals surface area contributed by atoms with Crippen LogP contribution < -0.4 is 0 Å². The van der Waals surface area contributed by atoms with Crippen LogP contribution in [-0.2, 0) is 4.79 Å². The van der Waals surface area contributed by atoms with Crippen molar-refractivity contribution >= 4 is 5.97 Å². The minimum atomic E-state index is -0.680. The second-order valence-corrected chi connectivity index (χ2v) is 6.31. The molecule has 21 heavy (non-hydrogen) atoms. The fourth-order valence-electron chi connectivity index (χ4n) is 2.57. The van der Waals surface area contributed by atoms with Crippen LogP contribution in [-0.4, -0.2) is 11.1 Å². The second-order valence-electron chi connectivity index (χ2n) is 6.31. The first-order valence-corrected chi connectivity index (χ1v) is 9.05. The molecule has 0 aliphatic heterocycles. The number of unbranched alkanes of at least 4 members (excludes halogenated alkanes) is 9. The lowest BCUT2D eigenvalue weighted by molar-refractivity contribution is -0.137. The maximum Gasteiger partial charge on any atom is 0.303 e. The summed E-state index contributed by atoms with van der Waals surface area (Å²) in [6.45, 7) is 4.44. The molecule has 1 atom stereocenters. The summed E-state index contributed by atoms with van der Waals surface area (Å²) in [4.78, 5) is 10.4. The molecule has 0 aliphatic rings. The van der Waals surface area contributed by atoms with E-state index in [2.05, 4.69) is 26.0 Å². The molecule has 0 saturated heterocycles. The highest BCUT2D eigenvalue weighted by atomic mass is 16.4. The van der Waals surface area contributed by atoms with Crippen LogP contribution in [0.4, 0.5) is 0 Å². The minimum Gasteiger partial charge on any atom is -0.481 e. The highest BCUT2D eigenvalue weighted by Crippen LogP contribution is 2.12. The van der Waals surface area contributed by atoms with E-state index < -0.39 is 5.97 Å². The summed E-state index contributed by atoms with van der Waals surface area (Å²) >= 11 is 0. The predicted octanol–water partition coefficient (Wildman–Crippen LogP) is 6.35. The van der Waals surface area contributed by atoms with Crippen molar-refractivity contribution in [3.63, 3.8) is 0 Å². The fraction of sp³-hybridized carbons (Fsp3) is 0.842. The molecule has 0 heterocycles. The van der Waals surface area contributed by atoms with Gasteiger partial charge in [-0.2, -0.15) is 0 Å². The molecule has 0 aromatic heterocycles. The van der Waals surface area contributed by atoms with Gasteiger partial charge in [-0.25, -0.2) is 0 Å². The average molecular weight is 296 g/mol. The zero-order chi connectivity index (χ0) is 15.8. The topological polar surface area (TPSA) is 37.3 Å². The van der Waals surface area contributed by atoms with Crippen molar-refractivity contribution in [2.45, 2.75) is 97.3 Å². The van der Waals surface area contributed by atoms with Crippen LogP contribution in [0.2, 0.25) is 0 Å². The molecule has 0 spiro atoms. The molecule has 0 aromatic rings. The van der Waals surface area contributed by atoms with Gasteiger partial charge in [0.25, 0.3) is 0 Å². The van der Waals surface area contributed by atoms with Gasteiger partial charge in [-0.3, -0.25) is 4.79 Å². The Morgan fingerprint density at radius 2 is 1.52 bits per heavy atom. The van der Waals surface area contributed by atoms with Gasteiger partial charge >= 0.3 is 5.97 Å². The van der Waals surface area contributed by atoms with Crippen LogP contribution >= 0.6 is 0 Å². The van der Waals surface area contributed by atoms with E-state index >= 15 is 0 Å². The van der Waals surface area contributed by atoms with Gasteiger partial charge in [-0.15, -0.1) is 0 Å². The first-order valence-electron chi connectivity index (χ1n) is 9.05. The lowest BCUT2D eigenvalue weighted by Gasteiger charge is -2.04. The van der Waals surface area contributed by atoms with E-state index in [1.54, 1.807) is 0 Å². The van der Waals surface area contributed by atoms with Crippen LogP contribution in [0.5, 0.6) is 0 Å². The maximum atomic E-state index is 10.4. The number of rotatable bonds is 15. The summed E-state index contributed by atoms with van der Waals surface area (Å²) in [7, 11) is 0. The fourth-order valence-corrected chi connectivity index (χ4v) is 2.57. The summed E-state index contributed by atoms with van der Waals surface area (Å²) in [6.07, 6.45) is 20.2. The van der Waals surface area contributed by atoms with Gasteiger partial charge in [0.15, 0.2) is 0 Å². The predicted molar refractivity (Wildman–Crippen MR) is 91.6 cm³/mol. The minimum absolute atomic E-state index is 0.302. The monoisotopic (exact) mass is 296 g/mol. The molecule has 0 radical (unpaired) electrons. The molecular formula is C19H36O2. The van der Waals surface area contributed by atoms with Crippen molar-refractivity contribution in [2.75, 3.05) is 0 Å². The summed E-state index contributed by atoms with van der Waals surface area (Å²) in [5, 5.41) is 8.59. The molecule has 0 aromatic carbocycles. The van der Waals surface area contributed by atoms with E-state index in [0.717, 1.165) is 12.8 Å². The van der Waals surface area contributed by atoms with Crippen LogP contribution in [0.15, 0.2) is 12.2 Å². The van der Waals surface area contributed by atoms with Crippen molar-refractivity contribution in [1.82, 2.24) is 0 Å². The Labute approximate surface area is 132 Å². The highest BCUT2D eigenvalue weighted by molar-refractivity contribution is 5.66. The average Bonchev–Trinajstić information content (AvgIpc) is 2.44. The summed E-state index contributed by atoms with van der Waals surface area (Å²) < 4.78 is 0. The SMILES string of the molecule is CCCCCCCCCCCC=CC(C)CCCC(=O)O. The Balaban J connectivity index is 3.25. The number of aliphatic carboxylic acids is 1. The van der Waals surface area contributed by atoms with Crippen molar-refractivity contribution < 1.29 is 9.90 Å². The largest absolute Gasteiger partial charge is 0.481 e. The van der Waals surface area contributed by atoms with Gasteiger partial charge in [-0.05, 0) is 31.6 Å². The molecule has 0 amide bonds. The van der Waals surface area contributed by atoms with Gasteiger partial charge in [0, 0.05) is 6.42 Å². The van der Waals surface area contributed by atoms with E-state index in [1.165, 1.54) is 64.2 Å². The van der Waals surface area contributed by atoms with Crippen LogP contribution in [0, 0.1) is 5.92 Å². The number of carboxylic acids is 1. The maximum absolute atomic E-state index is 10.4. The molecule has 0 aliphatic carbocycles. The van der Waals surface area contributed by atoms with Crippen molar-refractivity contribution in [3.05, 3.63) is 12.2 Å². The summed E-state index contributed by atoms with van der Waals surface area (Å²) in [5.74, 6) is -0.163. The van der Waals surface area contributed by atoms with Crippen LogP contribution in [0.3, 0.4) is 0 Å². The molecule has 0 saturated carbocycles. The molecule has 0 fully saturated rings. The van der Waals surface area contributed by atoms with E-state index in [-0.39, 0.29) is 0 Å². The molecule has 2 nitrogen and oxygen atoms in total. The van der Waals surface area contributed by atoms with Gasteiger partial charge < -0.3 is 5.11 Å². The van der Waals surface area contributed by atoms with Crippen molar-refractivity contribution in [3.8, 4) is 0 Å². The molecule has 1 unspecified atom stereocenters. The molecule has 0 bridgehead atoms. The number of hydrogen-bond donors (Lipinski definition) is 1. The van der Waals surface area contributed by atoms with E-state index in [4.69, 9.17) is 5.11 Å². The number of carbonyl (C=O) groups is 1. The standard InChI is InChI=1S/C19H36O2/c1-3-4-5-6-7-8-9-10-11-12-13-15-18(2)16-14-17-19(20)21/h13,15,18H,3-12,14,16-17H2,1-2H3,(H,20,21). The Hall–Kier alpha value is -0.790. The third-order valence-electron chi connectivity index (χ3n) is 3.99. The molecule has 0 rings (SSSR count). The first-order chi connectivity index (χ1) is 10.2. The lowest BCUT2D eigenvalue weighted by Crippen LogP contribution is -1.96. The lowest BCUT2D eigenvalue weighted by atomic mass is 10.0. The normalized spacial score (nSPS) is 12.9. The number of carboxylic acid groups (broad SMARTS) is 1. The van der Waals surface area contributed by atoms with Crippen LogP contribution in [0.1, 0.15) is 97.3 Å². The quantitative estimate of drug-likeness (QED) is 0.282. The van der Waals surface area contributed by atoms with E-state index in [9.17, 15) is 4.79 Å². The highest BCUT2D eigenvalue weighted by Gasteiger charge is 2.00. The molecule has 1 N–H and O–H groups in total. The Morgan fingerprint density at radius 3 is 2.10 bits per heavy atom. The summed E-state index contributed by atoms with van der Waals surface area (Å²) in [6, 6.07) is 0. The molecule has 124 valence electrons. The van der Waals surface area contributed by atoms with Crippen molar-refractivity contribution in [1.29, 1.82) is 0 Å². The Kier molecular flexibility index (Phi) is 15.0. The van der Waals surface area contributed by atoms with E-state index in [0.29, 0.717) is 12.3 Å². The number of hydrogen-bond acceptors (Lipinski definition) is 1. The Bertz CT molecular complexity index is 258. The third-order valence-corrected chi connectivity index (χ3v) is 3.99. The van der Waals surface area contributed by atoms with Crippen molar-refractivity contribution in [2.24, 2.45) is 5.92 Å². The van der Waals surface area contributed by atoms with Gasteiger partial charge in [0.1, 0.15) is 0 Å². The second kappa shape index (κ2) is 15.6. The Morgan fingerprint density at radius 1 is 0.952 bits per heavy atom. The zero-order valence-corrected chi connectivity index (χ0v) is 14.3. The molecule has 2 heteroatoms. The van der Waals surface area contributed by atoms with Gasteiger partial charge in [0.05, 0.1) is 0 Å². The smallest absolute Gasteiger partial charge is 0.303 e. The van der Waals surface area contributed by atoms with E-state index in [1.807, 2.05) is 0 Å². The van der Waals surface area contributed by atoms with Gasteiger partial charge in [-0.1, -0.05) is 77.4 Å². The number of allylic oxidation sites excluding steroid dienone is 2. The zero-order valence-electron chi connectivity index (χ0n) is 14.3.